The summed E-state index contributed by atoms with van der Waals surface area (Å²) in [6, 6.07) is 13.0. The number of benzene rings is 2. The molecule has 0 saturated carbocycles. The van der Waals surface area contributed by atoms with Crippen molar-refractivity contribution >= 4 is 23.6 Å². The van der Waals surface area contributed by atoms with Gasteiger partial charge in [0.1, 0.15) is 0 Å². The summed E-state index contributed by atoms with van der Waals surface area (Å²) in [6.45, 7) is -0.384. The standard InChI is InChI=1S/C18H14F3N5O2/c19-18(20,21)12-6-4-5-11(9-12)15(27)28-10-14-24-16(22)26-17(25-14)23-13-7-2-1-3-8-13/h1-9H,10H2,(H3,22,23,24,25,26). The molecule has 0 aliphatic heterocycles. The first-order valence-corrected chi connectivity index (χ1v) is 7.98. The average Bonchev–Trinajstić information content (AvgIpc) is 2.66. The zero-order chi connectivity index (χ0) is 20.1. The lowest BCUT2D eigenvalue weighted by atomic mass is 10.1. The molecule has 10 heteroatoms. The minimum Gasteiger partial charge on any atom is -0.454 e. The van der Waals surface area contributed by atoms with Gasteiger partial charge in [-0.05, 0) is 30.3 Å². The van der Waals surface area contributed by atoms with Crippen LogP contribution in [-0.4, -0.2) is 20.9 Å². The third-order valence-corrected chi connectivity index (χ3v) is 3.49. The zero-order valence-corrected chi connectivity index (χ0v) is 14.3. The number of nitrogens with one attached hydrogen (secondary N) is 1. The Hall–Kier alpha value is -3.69. The zero-order valence-electron chi connectivity index (χ0n) is 14.3. The van der Waals surface area contributed by atoms with Crippen LogP contribution in [0.4, 0.5) is 30.8 Å². The molecule has 0 aliphatic rings. The smallest absolute Gasteiger partial charge is 0.416 e. The van der Waals surface area contributed by atoms with Crippen molar-refractivity contribution in [2.24, 2.45) is 0 Å². The van der Waals surface area contributed by atoms with Gasteiger partial charge in [0.2, 0.25) is 11.9 Å². The van der Waals surface area contributed by atoms with E-state index in [0.29, 0.717) is 11.8 Å². The van der Waals surface area contributed by atoms with E-state index in [-0.39, 0.29) is 29.9 Å². The van der Waals surface area contributed by atoms with Gasteiger partial charge in [-0.1, -0.05) is 24.3 Å². The lowest BCUT2D eigenvalue weighted by molar-refractivity contribution is -0.137. The molecule has 0 spiro atoms. The van der Waals surface area contributed by atoms with Gasteiger partial charge in [-0.15, -0.1) is 0 Å². The minimum atomic E-state index is -4.56. The first-order chi connectivity index (χ1) is 13.3. The molecule has 28 heavy (non-hydrogen) atoms. The number of hydrogen-bond acceptors (Lipinski definition) is 7. The molecule has 1 aromatic heterocycles. The predicted molar refractivity (Wildman–Crippen MR) is 94.5 cm³/mol. The molecule has 0 radical (unpaired) electrons. The number of rotatable bonds is 5. The molecule has 7 nitrogen and oxygen atoms in total. The Balaban J connectivity index is 1.70. The Kier molecular flexibility index (Phi) is 5.39. The van der Waals surface area contributed by atoms with Gasteiger partial charge in [0, 0.05) is 5.69 Å². The fourth-order valence-corrected chi connectivity index (χ4v) is 2.24. The maximum atomic E-state index is 12.7. The van der Waals surface area contributed by atoms with Crippen LogP contribution in [0, 0.1) is 0 Å². The van der Waals surface area contributed by atoms with Crippen molar-refractivity contribution in [2.45, 2.75) is 12.8 Å². The monoisotopic (exact) mass is 389 g/mol. The second-order valence-electron chi connectivity index (χ2n) is 5.58. The highest BCUT2D eigenvalue weighted by atomic mass is 19.4. The van der Waals surface area contributed by atoms with Gasteiger partial charge in [0.05, 0.1) is 11.1 Å². The molecular weight excluding hydrogens is 375 g/mol. The van der Waals surface area contributed by atoms with Crippen LogP contribution in [0.2, 0.25) is 0 Å². The number of alkyl halides is 3. The molecule has 0 atom stereocenters. The topological polar surface area (TPSA) is 103 Å². The number of carbonyl (C=O) groups excluding carboxylic acids is 1. The number of aromatic nitrogens is 3. The van der Waals surface area contributed by atoms with Crippen molar-refractivity contribution in [2.75, 3.05) is 11.1 Å². The summed E-state index contributed by atoms with van der Waals surface area (Å²) in [5, 5.41) is 2.92. The number of nitrogens with two attached hydrogens (primary N) is 1. The summed E-state index contributed by atoms with van der Waals surface area (Å²) < 4.78 is 43.2. The highest BCUT2D eigenvalue weighted by molar-refractivity contribution is 5.89. The minimum absolute atomic E-state index is 0.0475. The van der Waals surface area contributed by atoms with E-state index in [1.165, 1.54) is 6.07 Å². The summed E-state index contributed by atoms with van der Waals surface area (Å²) in [5.74, 6) is -0.851. The number of hydrogen-bond donors (Lipinski definition) is 2. The Morgan fingerprint density at radius 3 is 2.50 bits per heavy atom. The van der Waals surface area contributed by atoms with Crippen molar-refractivity contribution < 1.29 is 22.7 Å². The van der Waals surface area contributed by atoms with Crippen LogP contribution in [0.15, 0.2) is 54.6 Å². The molecule has 0 saturated heterocycles. The number of esters is 1. The van der Waals surface area contributed by atoms with E-state index in [1.54, 1.807) is 12.1 Å². The number of halogens is 3. The van der Waals surface area contributed by atoms with Gasteiger partial charge in [-0.25, -0.2) is 4.79 Å². The quantitative estimate of drug-likeness (QED) is 0.643. The summed E-state index contributed by atoms with van der Waals surface area (Å²) in [5.41, 5.74) is 5.16. The van der Waals surface area contributed by atoms with Crippen LogP contribution in [0.3, 0.4) is 0 Å². The Labute approximate surface area is 157 Å². The van der Waals surface area contributed by atoms with Gasteiger partial charge in [-0.3, -0.25) is 0 Å². The fourth-order valence-electron chi connectivity index (χ4n) is 2.24. The molecule has 0 amide bonds. The van der Waals surface area contributed by atoms with Gasteiger partial charge >= 0.3 is 12.1 Å². The van der Waals surface area contributed by atoms with Crippen LogP contribution in [0.5, 0.6) is 0 Å². The summed E-state index contributed by atoms with van der Waals surface area (Å²) >= 11 is 0. The van der Waals surface area contributed by atoms with E-state index in [1.807, 2.05) is 18.2 Å². The first kappa shape index (κ1) is 19.1. The maximum absolute atomic E-state index is 12.7. The van der Waals surface area contributed by atoms with E-state index in [0.717, 1.165) is 12.1 Å². The molecule has 144 valence electrons. The van der Waals surface area contributed by atoms with Gasteiger partial charge in [-0.2, -0.15) is 28.1 Å². The fraction of sp³-hybridized carbons (Fsp3) is 0.111. The molecule has 0 unspecified atom stereocenters. The molecule has 3 aromatic rings. The number of anilines is 3. The Bertz CT molecular complexity index is 980. The van der Waals surface area contributed by atoms with Gasteiger partial charge < -0.3 is 15.8 Å². The van der Waals surface area contributed by atoms with Crippen LogP contribution >= 0.6 is 0 Å². The molecule has 2 aromatic carbocycles. The lowest BCUT2D eigenvalue weighted by Gasteiger charge is -2.09. The van der Waals surface area contributed by atoms with Crippen LogP contribution in [0.1, 0.15) is 21.7 Å². The van der Waals surface area contributed by atoms with Crippen LogP contribution in [0.25, 0.3) is 0 Å². The highest BCUT2D eigenvalue weighted by Crippen LogP contribution is 2.29. The van der Waals surface area contributed by atoms with E-state index in [4.69, 9.17) is 10.5 Å². The van der Waals surface area contributed by atoms with Crippen LogP contribution in [-0.2, 0) is 17.5 Å². The Morgan fingerprint density at radius 1 is 1.04 bits per heavy atom. The maximum Gasteiger partial charge on any atom is 0.416 e. The van der Waals surface area contributed by atoms with Crippen molar-refractivity contribution in [1.82, 2.24) is 15.0 Å². The van der Waals surface area contributed by atoms with Crippen molar-refractivity contribution in [1.29, 1.82) is 0 Å². The van der Waals surface area contributed by atoms with E-state index in [9.17, 15) is 18.0 Å². The summed E-state index contributed by atoms with van der Waals surface area (Å²) in [4.78, 5) is 23.9. The van der Waals surface area contributed by atoms with E-state index in [2.05, 4.69) is 20.3 Å². The highest BCUT2D eigenvalue weighted by Gasteiger charge is 2.31. The molecule has 3 N–H and O–H groups in total. The van der Waals surface area contributed by atoms with Gasteiger partial charge in [0.25, 0.3) is 0 Å². The second kappa shape index (κ2) is 7.91. The molecule has 0 fully saturated rings. The molecule has 1 heterocycles. The molecular formula is C18H14F3N5O2. The van der Waals surface area contributed by atoms with Crippen molar-refractivity contribution in [3.63, 3.8) is 0 Å². The van der Waals surface area contributed by atoms with Crippen molar-refractivity contribution in [3.05, 3.63) is 71.5 Å². The average molecular weight is 389 g/mol. The van der Waals surface area contributed by atoms with E-state index < -0.39 is 17.7 Å². The third-order valence-electron chi connectivity index (χ3n) is 3.49. The second-order valence-corrected chi connectivity index (χ2v) is 5.58. The first-order valence-electron chi connectivity index (χ1n) is 7.98. The Morgan fingerprint density at radius 2 is 1.79 bits per heavy atom. The molecule has 0 aliphatic carbocycles. The number of carbonyl (C=O) groups is 1. The lowest BCUT2D eigenvalue weighted by Crippen LogP contribution is -2.12. The SMILES string of the molecule is Nc1nc(COC(=O)c2cccc(C(F)(F)F)c2)nc(Nc2ccccc2)n1. The predicted octanol–water partition coefficient (Wildman–Crippen LogP) is 3.57. The normalized spacial score (nSPS) is 11.1. The number of ether oxygens (including phenoxy) is 1. The van der Waals surface area contributed by atoms with E-state index >= 15 is 0 Å². The number of nitrogen functional groups attached to an aromatic ring is 1. The number of para-hydroxylation sites is 1. The molecule has 3 rings (SSSR count). The number of nitrogens with zero attached hydrogens (tertiary/aromatic N) is 3. The largest absolute Gasteiger partial charge is 0.454 e. The van der Waals surface area contributed by atoms with Gasteiger partial charge in [0.15, 0.2) is 12.4 Å². The third kappa shape index (κ3) is 4.93. The summed E-state index contributed by atoms with van der Waals surface area (Å²) in [6.07, 6.45) is -4.56. The molecule has 0 bridgehead atoms. The van der Waals surface area contributed by atoms with Crippen LogP contribution < -0.4 is 11.1 Å². The van der Waals surface area contributed by atoms with Crippen molar-refractivity contribution in [3.8, 4) is 0 Å². The summed E-state index contributed by atoms with van der Waals surface area (Å²) in [7, 11) is 0.